The van der Waals surface area contributed by atoms with E-state index in [4.69, 9.17) is 9.84 Å². The number of aryl methyl sites for hydroxylation is 1. The van der Waals surface area contributed by atoms with Crippen LogP contribution in [-0.4, -0.2) is 41.2 Å². The van der Waals surface area contributed by atoms with Gasteiger partial charge in [0.05, 0.1) is 17.1 Å². The van der Waals surface area contributed by atoms with Crippen molar-refractivity contribution in [2.75, 3.05) is 23.8 Å². The second-order valence-corrected chi connectivity index (χ2v) is 6.22. The summed E-state index contributed by atoms with van der Waals surface area (Å²) in [4.78, 5) is 35.2. The van der Waals surface area contributed by atoms with Crippen molar-refractivity contribution in [2.45, 2.75) is 26.4 Å². The zero-order valence-corrected chi connectivity index (χ0v) is 16.2. The van der Waals surface area contributed by atoms with Crippen molar-refractivity contribution in [3.05, 3.63) is 63.7 Å². The molecule has 0 aliphatic rings. The Morgan fingerprint density at radius 3 is 2.48 bits per heavy atom. The summed E-state index contributed by atoms with van der Waals surface area (Å²) in [7, 11) is 0. The van der Waals surface area contributed by atoms with Gasteiger partial charge in [-0.05, 0) is 37.1 Å². The number of hydrogen-bond acceptors (Lipinski definition) is 7. The Morgan fingerprint density at radius 2 is 1.90 bits per heavy atom. The molecule has 0 aromatic heterocycles. The number of aliphatic hydroxyl groups excluding tert-OH is 1. The molecular formula is C20H23N3O6. The molecule has 154 valence electrons. The lowest BCUT2D eigenvalue weighted by molar-refractivity contribution is -0.384. The molecule has 0 fully saturated rings. The van der Waals surface area contributed by atoms with E-state index >= 15 is 0 Å². The highest BCUT2D eigenvalue weighted by Gasteiger charge is 2.23. The summed E-state index contributed by atoms with van der Waals surface area (Å²) in [5.41, 5.74) is 1.56. The zero-order chi connectivity index (χ0) is 21.4. The van der Waals surface area contributed by atoms with E-state index in [9.17, 15) is 19.7 Å². The number of benzene rings is 2. The summed E-state index contributed by atoms with van der Waals surface area (Å²) in [6.07, 6.45) is -0.253. The smallest absolute Gasteiger partial charge is 0.341 e. The third-order valence-electron chi connectivity index (χ3n) is 4.14. The molecule has 0 radical (unpaired) electrons. The minimum absolute atomic E-state index is 0.0976. The van der Waals surface area contributed by atoms with Crippen LogP contribution in [0.1, 0.15) is 29.8 Å². The maximum absolute atomic E-state index is 12.5. The van der Waals surface area contributed by atoms with Crippen LogP contribution in [0, 0.1) is 10.1 Å². The van der Waals surface area contributed by atoms with Crippen molar-refractivity contribution in [1.29, 1.82) is 0 Å². The number of nitrogens with zero attached hydrogens (tertiary/aromatic N) is 1. The Bertz CT molecular complexity index is 882. The third-order valence-corrected chi connectivity index (χ3v) is 4.14. The van der Waals surface area contributed by atoms with Gasteiger partial charge in [0, 0.05) is 30.1 Å². The molecule has 2 aromatic rings. The minimum Gasteiger partial charge on any atom is -0.449 e. The summed E-state index contributed by atoms with van der Waals surface area (Å²) in [5.74, 6) is -1.42. The van der Waals surface area contributed by atoms with E-state index in [0.717, 1.165) is 18.1 Å². The van der Waals surface area contributed by atoms with Gasteiger partial charge in [0.15, 0.2) is 6.10 Å². The highest BCUT2D eigenvalue weighted by atomic mass is 16.6. The van der Waals surface area contributed by atoms with E-state index in [1.807, 2.05) is 19.1 Å². The summed E-state index contributed by atoms with van der Waals surface area (Å²) in [5, 5.41) is 25.4. The molecule has 9 heteroatoms. The van der Waals surface area contributed by atoms with Crippen LogP contribution < -0.4 is 10.6 Å². The van der Waals surface area contributed by atoms with E-state index in [-0.39, 0.29) is 30.1 Å². The van der Waals surface area contributed by atoms with E-state index < -0.39 is 22.9 Å². The third kappa shape index (κ3) is 6.01. The number of ether oxygens (including phenoxy) is 1. The summed E-state index contributed by atoms with van der Waals surface area (Å²) >= 11 is 0. The quantitative estimate of drug-likeness (QED) is 0.334. The minimum atomic E-state index is -1.13. The topological polar surface area (TPSA) is 131 Å². The van der Waals surface area contributed by atoms with Gasteiger partial charge in [0.25, 0.3) is 11.6 Å². The van der Waals surface area contributed by atoms with Crippen LogP contribution >= 0.6 is 0 Å². The molecule has 2 rings (SSSR count). The fourth-order valence-electron chi connectivity index (χ4n) is 2.50. The first kappa shape index (κ1) is 21.8. The van der Waals surface area contributed by atoms with Crippen molar-refractivity contribution in [2.24, 2.45) is 0 Å². The molecule has 3 N–H and O–H groups in total. The van der Waals surface area contributed by atoms with E-state index in [1.165, 1.54) is 19.1 Å². The molecule has 29 heavy (non-hydrogen) atoms. The predicted molar refractivity (Wildman–Crippen MR) is 108 cm³/mol. The van der Waals surface area contributed by atoms with Crippen LogP contribution in [0.25, 0.3) is 0 Å². The number of hydrogen-bond donors (Lipinski definition) is 3. The van der Waals surface area contributed by atoms with Gasteiger partial charge in [-0.1, -0.05) is 19.1 Å². The number of nitrogens with one attached hydrogen (secondary N) is 2. The predicted octanol–water partition coefficient (Wildman–Crippen LogP) is 2.75. The number of aliphatic hydroxyl groups is 1. The number of esters is 1. The fourth-order valence-corrected chi connectivity index (χ4v) is 2.50. The van der Waals surface area contributed by atoms with E-state index in [2.05, 4.69) is 10.6 Å². The van der Waals surface area contributed by atoms with Crippen molar-refractivity contribution in [3.8, 4) is 0 Å². The summed E-state index contributed by atoms with van der Waals surface area (Å²) < 4.78 is 5.19. The van der Waals surface area contributed by atoms with Crippen molar-refractivity contribution in [1.82, 2.24) is 0 Å². The molecule has 0 saturated carbocycles. The molecule has 0 bridgehead atoms. The molecule has 0 aliphatic carbocycles. The van der Waals surface area contributed by atoms with Gasteiger partial charge in [-0.15, -0.1) is 0 Å². The van der Waals surface area contributed by atoms with E-state index in [0.29, 0.717) is 5.69 Å². The molecule has 1 atom stereocenters. The standard InChI is InChI=1S/C20H23N3O6/c1-3-14-4-6-15(7-5-14)22-19(25)13(2)29-20(26)17-12-16(23(27)28)8-9-18(17)21-10-11-24/h4-9,12-13,21,24H,3,10-11H2,1-2H3,(H,22,25)/t13-/m0/s1. The lowest BCUT2D eigenvalue weighted by Crippen LogP contribution is -2.30. The molecule has 0 saturated heterocycles. The molecule has 9 nitrogen and oxygen atoms in total. The number of non-ortho nitro benzene ring substituents is 1. The number of nitro benzene ring substituents is 1. The average molecular weight is 401 g/mol. The molecular weight excluding hydrogens is 378 g/mol. The number of nitro groups is 1. The largest absolute Gasteiger partial charge is 0.449 e. The van der Waals surface area contributed by atoms with Gasteiger partial charge in [0.1, 0.15) is 0 Å². The number of carbonyl (C=O) groups excluding carboxylic acids is 2. The Labute approximate surface area is 167 Å². The number of amides is 1. The van der Waals surface area contributed by atoms with Crippen LogP contribution in [0.2, 0.25) is 0 Å². The lowest BCUT2D eigenvalue weighted by atomic mass is 10.1. The second kappa shape index (κ2) is 10.2. The summed E-state index contributed by atoms with van der Waals surface area (Å²) in [6, 6.07) is 10.9. The van der Waals surface area contributed by atoms with Crippen molar-refractivity contribution < 1.29 is 24.4 Å². The number of anilines is 2. The number of carbonyl (C=O) groups is 2. The monoisotopic (exact) mass is 401 g/mol. The first-order chi connectivity index (χ1) is 13.8. The zero-order valence-electron chi connectivity index (χ0n) is 16.2. The van der Waals surface area contributed by atoms with Crippen LogP contribution in [-0.2, 0) is 16.0 Å². The van der Waals surface area contributed by atoms with Gasteiger partial charge in [-0.25, -0.2) is 4.79 Å². The highest BCUT2D eigenvalue weighted by Crippen LogP contribution is 2.23. The van der Waals surface area contributed by atoms with Gasteiger partial charge in [-0.3, -0.25) is 14.9 Å². The SMILES string of the molecule is CCc1ccc(NC(=O)[C@H](C)OC(=O)c2cc([N+](=O)[O-])ccc2NCCO)cc1. The molecule has 0 aliphatic heterocycles. The summed E-state index contributed by atoms with van der Waals surface area (Å²) in [6.45, 7) is 3.38. The molecule has 2 aromatic carbocycles. The van der Waals surface area contributed by atoms with E-state index in [1.54, 1.807) is 12.1 Å². The van der Waals surface area contributed by atoms with Crippen LogP contribution in [0.3, 0.4) is 0 Å². The lowest BCUT2D eigenvalue weighted by Gasteiger charge is -2.16. The van der Waals surface area contributed by atoms with Crippen molar-refractivity contribution >= 4 is 28.9 Å². The fraction of sp³-hybridized carbons (Fsp3) is 0.300. The van der Waals surface area contributed by atoms with Crippen molar-refractivity contribution in [3.63, 3.8) is 0 Å². The van der Waals surface area contributed by atoms with Crippen LogP contribution in [0.5, 0.6) is 0 Å². The molecule has 0 spiro atoms. The van der Waals surface area contributed by atoms with Gasteiger partial charge >= 0.3 is 5.97 Å². The van der Waals surface area contributed by atoms with Gasteiger partial charge < -0.3 is 20.5 Å². The normalized spacial score (nSPS) is 11.4. The Hall–Kier alpha value is -3.46. The number of rotatable bonds is 9. The first-order valence-corrected chi connectivity index (χ1v) is 9.09. The Morgan fingerprint density at radius 1 is 1.21 bits per heavy atom. The average Bonchev–Trinajstić information content (AvgIpc) is 2.72. The molecule has 0 unspecified atom stereocenters. The molecule has 1 amide bonds. The maximum Gasteiger partial charge on any atom is 0.341 e. The van der Waals surface area contributed by atoms with Crippen LogP contribution in [0.4, 0.5) is 17.1 Å². The molecule has 0 heterocycles. The highest BCUT2D eigenvalue weighted by molar-refractivity contribution is 6.00. The first-order valence-electron chi connectivity index (χ1n) is 9.09. The Kier molecular flexibility index (Phi) is 7.67. The van der Waals surface area contributed by atoms with Gasteiger partial charge in [0.2, 0.25) is 0 Å². The second-order valence-electron chi connectivity index (χ2n) is 6.22. The van der Waals surface area contributed by atoms with Gasteiger partial charge in [-0.2, -0.15) is 0 Å². The maximum atomic E-state index is 12.5. The van der Waals surface area contributed by atoms with Crippen LogP contribution in [0.15, 0.2) is 42.5 Å². The Balaban J connectivity index is 2.11.